The molecule has 0 aromatic heterocycles. The second kappa shape index (κ2) is 7.18. The molecule has 0 fully saturated rings. The van der Waals surface area contributed by atoms with Crippen molar-refractivity contribution in [1.29, 1.82) is 0 Å². The van der Waals surface area contributed by atoms with Crippen molar-refractivity contribution in [3.05, 3.63) is 35.9 Å². The molecule has 5 heteroatoms. The topological polar surface area (TPSA) is 72.2 Å². The zero-order chi connectivity index (χ0) is 13.5. The Bertz CT molecular complexity index is 409. The quantitative estimate of drug-likeness (QED) is 0.659. The fourth-order valence-corrected chi connectivity index (χ4v) is 1.86. The van der Waals surface area contributed by atoms with Gasteiger partial charge < -0.3 is 11.1 Å². The second-order valence-corrected chi connectivity index (χ2v) is 4.52. The van der Waals surface area contributed by atoms with Crippen LogP contribution in [0.5, 0.6) is 0 Å². The van der Waals surface area contributed by atoms with E-state index in [0.29, 0.717) is 6.42 Å². The fourth-order valence-electron chi connectivity index (χ4n) is 1.52. The molecule has 1 aromatic carbocycles. The SMILES string of the molecule is CC(=O)[C@H](CS)NC(=O)[C@@H](N)Cc1ccccc1. The number of hydrogen-bond acceptors (Lipinski definition) is 4. The van der Waals surface area contributed by atoms with Gasteiger partial charge in [0.25, 0.3) is 0 Å². The normalized spacial score (nSPS) is 13.7. The van der Waals surface area contributed by atoms with Crippen molar-refractivity contribution < 1.29 is 9.59 Å². The lowest BCUT2D eigenvalue weighted by Gasteiger charge is -2.17. The Hall–Kier alpha value is -1.33. The number of nitrogens with two attached hydrogens (primary N) is 1. The van der Waals surface area contributed by atoms with Crippen molar-refractivity contribution in [1.82, 2.24) is 5.32 Å². The van der Waals surface area contributed by atoms with Gasteiger partial charge in [-0.3, -0.25) is 9.59 Å². The van der Waals surface area contributed by atoms with Crippen LogP contribution in [-0.2, 0) is 16.0 Å². The average Bonchev–Trinajstić information content (AvgIpc) is 2.36. The molecule has 0 spiro atoms. The van der Waals surface area contributed by atoms with E-state index in [1.807, 2.05) is 30.3 Å². The Morgan fingerprint density at radius 1 is 1.33 bits per heavy atom. The van der Waals surface area contributed by atoms with Crippen LogP contribution in [0.3, 0.4) is 0 Å². The Morgan fingerprint density at radius 3 is 2.44 bits per heavy atom. The molecule has 3 N–H and O–H groups in total. The summed E-state index contributed by atoms with van der Waals surface area (Å²) in [5.74, 6) is -0.169. The van der Waals surface area contributed by atoms with Gasteiger partial charge in [-0.15, -0.1) is 0 Å². The van der Waals surface area contributed by atoms with Crippen LogP contribution in [-0.4, -0.2) is 29.5 Å². The lowest BCUT2D eigenvalue weighted by molar-refractivity contribution is -0.127. The molecule has 2 atom stereocenters. The number of thiol groups is 1. The van der Waals surface area contributed by atoms with E-state index in [9.17, 15) is 9.59 Å². The zero-order valence-electron chi connectivity index (χ0n) is 10.3. The molecule has 0 aliphatic heterocycles. The number of hydrogen-bond donors (Lipinski definition) is 3. The molecular weight excluding hydrogens is 248 g/mol. The van der Waals surface area contributed by atoms with Crippen molar-refractivity contribution in [2.45, 2.75) is 25.4 Å². The Labute approximate surface area is 112 Å². The summed E-state index contributed by atoms with van der Waals surface area (Å²) in [7, 11) is 0. The summed E-state index contributed by atoms with van der Waals surface area (Å²) in [6, 6.07) is 8.29. The van der Waals surface area contributed by atoms with Crippen LogP contribution in [0.25, 0.3) is 0 Å². The largest absolute Gasteiger partial charge is 0.344 e. The third-order valence-corrected chi connectivity index (χ3v) is 2.99. The molecule has 0 aliphatic rings. The molecule has 0 heterocycles. The van der Waals surface area contributed by atoms with E-state index in [4.69, 9.17) is 5.73 Å². The van der Waals surface area contributed by atoms with Gasteiger partial charge in [-0.05, 0) is 18.9 Å². The highest BCUT2D eigenvalue weighted by molar-refractivity contribution is 7.80. The minimum atomic E-state index is -0.658. The number of amides is 1. The molecule has 0 bridgehead atoms. The van der Waals surface area contributed by atoms with Crippen molar-refractivity contribution >= 4 is 24.3 Å². The van der Waals surface area contributed by atoms with Crippen LogP contribution in [0.1, 0.15) is 12.5 Å². The van der Waals surface area contributed by atoms with E-state index >= 15 is 0 Å². The molecule has 18 heavy (non-hydrogen) atoms. The van der Waals surface area contributed by atoms with Gasteiger partial charge in [-0.1, -0.05) is 30.3 Å². The van der Waals surface area contributed by atoms with E-state index in [1.54, 1.807) is 0 Å². The Balaban J connectivity index is 2.54. The van der Waals surface area contributed by atoms with Crippen molar-refractivity contribution in [2.75, 3.05) is 5.75 Å². The van der Waals surface area contributed by atoms with Gasteiger partial charge in [-0.25, -0.2) is 0 Å². The van der Waals surface area contributed by atoms with E-state index in [1.165, 1.54) is 6.92 Å². The number of ketones is 1. The summed E-state index contributed by atoms with van der Waals surface area (Å²) >= 11 is 4.02. The number of carbonyl (C=O) groups is 2. The molecule has 1 amide bonds. The summed E-state index contributed by atoms with van der Waals surface area (Å²) in [6.07, 6.45) is 0.448. The molecule has 0 unspecified atom stereocenters. The molecular formula is C13H18N2O2S. The monoisotopic (exact) mass is 266 g/mol. The number of Topliss-reactive ketones (excluding diaryl/α,β-unsaturated/α-hetero) is 1. The maximum Gasteiger partial charge on any atom is 0.237 e. The van der Waals surface area contributed by atoms with Crippen LogP contribution >= 0.6 is 12.6 Å². The minimum Gasteiger partial charge on any atom is -0.344 e. The third kappa shape index (κ3) is 4.50. The Kier molecular flexibility index (Phi) is 5.88. The minimum absolute atomic E-state index is 0.120. The molecule has 1 aromatic rings. The molecule has 0 radical (unpaired) electrons. The molecule has 4 nitrogen and oxygen atoms in total. The van der Waals surface area contributed by atoms with Gasteiger partial charge in [0, 0.05) is 5.75 Å². The van der Waals surface area contributed by atoms with Gasteiger partial charge in [0.15, 0.2) is 5.78 Å². The highest BCUT2D eigenvalue weighted by atomic mass is 32.1. The third-order valence-electron chi connectivity index (χ3n) is 2.62. The predicted molar refractivity (Wildman–Crippen MR) is 74.6 cm³/mol. The summed E-state index contributed by atoms with van der Waals surface area (Å²) in [4.78, 5) is 23.0. The predicted octanol–water partition coefficient (Wildman–Crippen LogP) is 0.560. The van der Waals surface area contributed by atoms with E-state index < -0.39 is 12.1 Å². The first-order chi connectivity index (χ1) is 8.54. The van der Waals surface area contributed by atoms with Crippen molar-refractivity contribution in [3.8, 4) is 0 Å². The van der Waals surface area contributed by atoms with Gasteiger partial charge in [0.2, 0.25) is 5.91 Å². The number of benzene rings is 1. The highest BCUT2D eigenvalue weighted by Crippen LogP contribution is 2.02. The number of rotatable bonds is 6. The summed E-state index contributed by atoms with van der Waals surface area (Å²) in [5.41, 5.74) is 6.80. The molecule has 1 rings (SSSR count). The van der Waals surface area contributed by atoms with Crippen LogP contribution in [0, 0.1) is 0 Å². The van der Waals surface area contributed by atoms with E-state index in [0.717, 1.165) is 5.56 Å². The maximum absolute atomic E-state index is 11.8. The van der Waals surface area contributed by atoms with Crippen LogP contribution < -0.4 is 11.1 Å². The molecule has 0 saturated heterocycles. The molecule has 98 valence electrons. The lowest BCUT2D eigenvalue weighted by atomic mass is 10.1. The highest BCUT2D eigenvalue weighted by Gasteiger charge is 2.20. The van der Waals surface area contributed by atoms with Gasteiger partial charge in [-0.2, -0.15) is 12.6 Å². The van der Waals surface area contributed by atoms with E-state index in [2.05, 4.69) is 17.9 Å². The first-order valence-electron chi connectivity index (χ1n) is 5.75. The van der Waals surface area contributed by atoms with Crippen molar-refractivity contribution in [2.24, 2.45) is 5.73 Å². The standard InChI is InChI=1S/C13H18N2O2S/c1-9(16)12(8-18)15-13(17)11(14)7-10-5-3-2-4-6-10/h2-6,11-12,18H,7-8,14H2,1H3,(H,15,17)/t11-,12-/m0/s1. The maximum atomic E-state index is 11.8. The van der Waals surface area contributed by atoms with Gasteiger partial charge in [0.1, 0.15) is 0 Å². The van der Waals surface area contributed by atoms with Crippen molar-refractivity contribution in [3.63, 3.8) is 0 Å². The zero-order valence-corrected chi connectivity index (χ0v) is 11.2. The summed E-state index contributed by atoms with van der Waals surface area (Å²) < 4.78 is 0. The number of carbonyl (C=O) groups excluding carboxylic acids is 2. The summed E-state index contributed by atoms with van der Waals surface area (Å²) in [6.45, 7) is 1.42. The van der Waals surface area contributed by atoms with Gasteiger partial charge >= 0.3 is 0 Å². The lowest BCUT2D eigenvalue weighted by Crippen LogP contribution is -2.49. The fraction of sp³-hybridized carbons (Fsp3) is 0.385. The van der Waals surface area contributed by atoms with Crippen LogP contribution in [0.4, 0.5) is 0 Å². The van der Waals surface area contributed by atoms with Crippen LogP contribution in [0.15, 0.2) is 30.3 Å². The second-order valence-electron chi connectivity index (χ2n) is 4.15. The Morgan fingerprint density at radius 2 is 1.94 bits per heavy atom. The number of nitrogens with one attached hydrogen (secondary N) is 1. The van der Waals surface area contributed by atoms with Gasteiger partial charge in [0.05, 0.1) is 12.1 Å². The first kappa shape index (κ1) is 14.7. The van der Waals surface area contributed by atoms with Crippen LogP contribution in [0.2, 0.25) is 0 Å². The smallest absolute Gasteiger partial charge is 0.237 e. The molecule has 0 aliphatic carbocycles. The average molecular weight is 266 g/mol. The van der Waals surface area contributed by atoms with E-state index in [-0.39, 0.29) is 17.4 Å². The first-order valence-corrected chi connectivity index (χ1v) is 6.39. The summed E-state index contributed by atoms with van der Waals surface area (Å²) in [5, 5.41) is 2.60. The molecule has 0 saturated carbocycles.